The Morgan fingerprint density at radius 3 is 2.57 bits per heavy atom. The van der Waals surface area contributed by atoms with Gasteiger partial charge in [0.2, 0.25) is 0 Å². The molecule has 1 atom stereocenters. The van der Waals surface area contributed by atoms with Crippen LogP contribution in [-0.4, -0.2) is 13.2 Å². The molecule has 0 spiro atoms. The minimum atomic E-state index is 0.257. The minimum Gasteiger partial charge on any atom is -0.493 e. The van der Waals surface area contributed by atoms with Crippen molar-refractivity contribution in [2.24, 2.45) is 0 Å². The number of benzene rings is 3. The van der Waals surface area contributed by atoms with Crippen molar-refractivity contribution in [2.45, 2.75) is 51.3 Å². The van der Waals surface area contributed by atoms with Crippen LogP contribution in [0.2, 0.25) is 0 Å². The van der Waals surface area contributed by atoms with Crippen LogP contribution in [0.15, 0.2) is 60.7 Å². The van der Waals surface area contributed by atoms with Crippen molar-refractivity contribution in [1.29, 1.82) is 0 Å². The molecule has 0 saturated heterocycles. The molecular weight excluding hydrogens is 346 g/mol. The van der Waals surface area contributed by atoms with Crippen LogP contribution in [0.25, 0.3) is 10.8 Å². The number of methoxy groups -OCH3 is 1. The number of ether oxygens (including phenoxy) is 2. The van der Waals surface area contributed by atoms with E-state index in [2.05, 4.69) is 66.8 Å². The van der Waals surface area contributed by atoms with Gasteiger partial charge in [-0.2, -0.15) is 0 Å². The second kappa shape index (κ2) is 8.66. The molecule has 3 aromatic carbocycles. The first-order chi connectivity index (χ1) is 13.7. The fraction of sp³-hybridized carbons (Fsp3) is 0.360. The van der Waals surface area contributed by atoms with E-state index in [1.807, 2.05) is 6.07 Å². The topological polar surface area (TPSA) is 30.5 Å². The van der Waals surface area contributed by atoms with Gasteiger partial charge in [-0.15, -0.1) is 0 Å². The summed E-state index contributed by atoms with van der Waals surface area (Å²) in [5, 5.41) is 6.26. The van der Waals surface area contributed by atoms with E-state index < -0.39 is 0 Å². The smallest absolute Gasteiger partial charge is 0.161 e. The highest BCUT2D eigenvalue weighted by atomic mass is 16.5. The van der Waals surface area contributed by atoms with Gasteiger partial charge in [0.25, 0.3) is 0 Å². The Kier molecular flexibility index (Phi) is 5.82. The van der Waals surface area contributed by atoms with Crippen LogP contribution in [0.4, 0.5) is 0 Å². The molecular formula is C25H29NO2. The summed E-state index contributed by atoms with van der Waals surface area (Å²) in [6, 6.07) is 21.6. The van der Waals surface area contributed by atoms with E-state index in [1.165, 1.54) is 34.7 Å². The summed E-state index contributed by atoms with van der Waals surface area (Å²) in [5.41, 5.74) is 2.54. The van der Waals surface area contributed by atoms with Gasteiger partial charge in [-0.05, 0) is 66.6 Å². The van der Waals surface area contributed by atoms with Crippen LogP contribution < -0.4 is 14.8 Å². The Morgan fingerprint density at radius 2 is 1.75 bits per heavy atom. The number of hydrogen-bond donors (Lipinski definition) is 1. The fourth-order valence-electron chi connectivity index (χ4n) is 4.12. The number of hydrogen-bond acceptors (Lipinski definition) is 3. The fourth-order valence-corrected chi connectivity index (χ4v) is 4.12. The van der Waals surface area contributed by atoms with E-state index in [-0.39, 0.29) is 6.04 Å². The summed E-state index contributed by atoms with van der Waals surface area (Å²) < 4.78 is 11.7. The maximum Gasteiger partial charge on any atom is 0.161 e. The van der Waals surface area contributed by atoms with E-state index >= 15 is 0 Å². The van der Waals surface area contributed by atoms with Crippen LogP contribution in [-0.2, 0) is 6.54 Å². The largest absolute Gasteiger partial charge is 0.493 e. The monoisotopic (exact) mass is 375 g/mol. The van der Waals surface area contributed by atoms with Crippen molar-refractivity contribution in [1.82, 2.24) is 5.32 Å². The van der Waals surface area contributed by atoms with Crippen molar-refractivity contribution < 1.29 is 9.47 Å². The van der Waals surface area contributed by atoms with Crippen molar-refractivity contribution in [3.05, 3.63) is 71.8 Å². The van der Waals surface area contributed by atoms with Gasteiger partial charge < -0.3 is 14.8 Å². The summed E-state index contributed by atoms with van der Waals surface area (Å²) in [7, 11) is 1.71. The quantitative estimate of drug-likeness (QED) is 0.548. The molecule has 0 radical (unpaired) electrons. The zero-order valence-corrected chi connectivity index (χ0v) is 16.8. The van der Waals surface area contributed by atoms with Crippen molar-refractivity contribution in [2.75, 3.05) is 7.11 Å². The molecule has 1 aliphatic carbocycles. The SMILES string of the molecule is COc1ccc(CNC(C)c2cccc3ccccc23)cc1OC1CCCC1. The summed E-state index contributed by atoms with van der Waals surface area (Å²) in [5.74, 6) is 1.68. The molecule has 28 heavy (non-hydrogen) atoms. The van der Waals surface area contributed by atoms with E-state index in [4.69, 9.17) is 9.47 Å². The standard InChI is InChI=1S/C25H29NO2/c1-18(22-13-7-9-20-8-3-6-12-23(20)22)26-17-19-14-15-24(27-2)25(16-19)28-21-10-4-5-11-21/h3,6-9,12-16,18,21,26H,4-5,10-11,17H2,1-2H3. The molecule has 1 fully saturated rings. The molecule has 3 heteroatoms. The predicted molar refractivity (Wildman–Crippen MR) is 115 cm³/mol. The van der Waals surface area contributed by atoms with Gasteiger partial charge >= 0.3 is 0 Å². The molecule has 3 aromatic rings. The highest BCUT2D eigenvalue weighted by Gasteiger charge is 2.19. The lowest BCUT2D eigenvalue weighted by atomic mass is 9.99. The van der Waals surface area contributed by atoms with Gasteiger partial charge in [-0.25, -0.2) is 0 Å². The maximum absolute atomic E-state index is 6.23. The second-order valence-electron chi connectivity index (χ2n) is 7.68. The van der Waals surface area contributed by atoms with Crippen molar-refractivity contribution in [3.8, 4) is 11.5 Å². The first kappa shape index (κ1) is 18.8. The number of rotatable bonds is 7. The van der Waals surface area contributed by atoms with Crippen LogP contribution in [0.3, 0.4) is 0 Å². The Hall–Kier alpha value is -2.52. The van der Waals surface area contributed by atoms with Gasteiger partial charge in [-0.1, -0.05) is 48.5 Å². The average molecular weight is 376 g/mol. The molecule has 0 heterocycles. The molecule has 0 aliphatic heterocycles. The molecule has 0 bridgehead atoms. The van der Waals surface area contributed by atoms with Gasteiger partial charge in [0, 0.05) is 12.6 Å². The third kappa shape index (κ3) is 4.15. The molecule has 0 aromatic heterocycles. The average Bonchev–Trinajstić information content (AvgIpc) is 3.25. The molecule has 146 valence electrons. The molecule has 1 aliphatic rings. The lowest BCUT2D eigenvalue weighted by Crippen LogP contribution is -2.18. The first-order valence-corrected chi connectivity index (χ1v) is 10.3. The van der Waals surface area contributed by atoms with E-state index in [9.17, 15) is 0 Å². The van der Waals surface area contributed by atoms with Gasteiger partial charge in [-0.3, -0.25) is 0 Å². The summed E-state index contributed by atoms with van der Waals surface area (Å²) in [4.78, 5) is 0. The Morgan fingerprint density at radius 1 is 0.964 bits per heavy atom. The lowest BCUT2D eigenvalue weighted by Gasteiger charge is -2.19. The third-order valence-corrected chi connectivity index (χ3v) is 5.73. The second-order valence-corrected chi connectivity index (χ2v) is 7.68. The highest BCUT2D eigenvalue weighted by molar-refractivity contribution is 5.86. The third-order valence-electron chi connectivity index (χ3n) is 5.73. The number of fused-ring (bicyclic) bond motifs is 1. The molecule has 1 unspecified atom stereocenters. The highest BCUT2D eigenvalue weighted by Crippen LogP contribution is 2.32. The lowest BCUT2D eigenvalue weighted by molar-refractivity contribution is 0.200. The first-order valence-electron chi connectivity index (χ1n) is 10.3. The van der Waals surface area contributed by atoms with E-state index in [0.717, 1.165) is 30.9 Å². The Bertz CT molecular complexity index is 925. The molecule has 0 amide bonds. The maximum atomic E-state index is 6.23. The molecule has 1 saturated carbocycles. The van der Waals surface area contributed by atoms with Crippen LogP contribution in [0.1, 0.15) is 49.8 Å². The molecule has 1 N–H and O–H groups in total. The van der Waals surface area contributed by atoms with Gasteiger partial charge in [0.15, 0.2) is 11.5 Å². The van der Waals surface area contributed by atoms with Crippen molar-refractivity contribution >= 4 is 10.8 Å². The van der Waals surface area contributed by atoms with E-state index in [0.29, 0.717) is 6.10 Å². The summed E-state index contributed by atoms with van der Waals surface area (Å²) in [6.45, 7) is 3.01. The molecule has 3 nitrogen and oxygen atoms in total. The zero-order chi connectivity index (χ0) is 19.3. The van der Waals surface area contributed by atoms with E-state index in [1.54, 1.807) is 7.11 Å². The van der Waals surface area contributed by atoms with Crippen LogP contribution >= 0.6 is 0 Å². The van der Waals surface area contributed by atoms with Gasteiger partial charge in [0.05, 0.1) is 13.2 Å². The van der Waals surface area contributed by atoms with Crippen molar-refractivity contribution in [3.63, 3.8) is 0 Å². The molecule has 4 rings (SSSR count). The Labute approximate surface area is 167 Å². The zero-order valence-electron chi connectivity index (χ0n) is 16.8. The summed E-state index contributed by atoms with van der Waals surface area (Å²) >= 11 is 0. The normalized spacial score (nSPS) is 15.6. The minimum absolute atomic E-state index is 0.257. The number of nitrogens with one attached hydrogen (secondary N) is 1. The van der Waals surface area contributed by atoms with Crippen LogP contribution in [0, 0.1) is 0 Å². The predicted octanol–water partition coefficient (Wildman–Crippen LogP) is 6.02. The van der Waals surface area contributed by atoms with Gasteiger partial charge in [0.1, 0.15) is 0 Å². The summed E-state index contributed by atoms with van der Waals surface area (Å²) in [6.07, 6.45) is 5.13. The van der Waals surface area contributed by atoms with Crippen LogP contribution in [0.5, 0.6) is 11.5 Å². The Balaban J connectivity index is 1.47.